The van der Waals surface area contributed by atoms with E-state index in [-0.39, 0.29) is 40.5 Å². The number of fused-ring (bicyclic) bond motifs is 1. The van der Waals surface area contributed by atoms with Crippen LogP contribution < -0.4 is 10.9 Å². The van der Waals surface area contributed by atoms with Gasteiger partial charge >= 0.3 is 0 Å². The first-order valence-corrected chi connectivity index (χ1v) is 14.8. The summed E-state index contributed by atoms with van der Waals surface area (Å²) in [4.78, 5) is 41.1. The molecule has 4 aromatic heterocycles. The lowest BCUT2D eigenvalue weighted by atomic mass is 10.1. The zero-order valence-electron chi connectivity index (χ0n) is 22.7. The molecule has 1 aliphatic carbocycles. The van der Waals surface area contributed by atoms with Gasteiger partial charge in [-0.2, -0.15) is 0 Å². The highest BCUT2D eigenvalue weighted by atomic mass is 32.2. The number of nitrogens with zero attached hydrogens (tertiary/aromatic N) is 7. The van der Waals surface area contributed by atoms with Crippen LogP contribution in [0.2, 0.25) is 0 Å². The Kier molecular flexibility index (Phi) is 7.15. The minimum Gasteiger partial charge on any atom is -0.360 e. The van der Waals surface area contributed by atoms with Gasteiger partial charge in [-0.1, -0.05) is 20.8 Å². The van der Waals surface area contributed by atoms with Gasteiger partial charge in [-0.05, 0) is 44.7 Å². The fourth-order valence-corrected chi connectivity index (χ4v) is 5.21. The van der Waals surface area contributed by atoms with Gasteiger partial charge in [0.25, 0.3) is 5.56 Å². The Bertz CT molecular complexity index is 1700. The number of anilines is 1. The Labute approximate surface area is 227 Å². The molecule has 0 bridgehead atoms. The standard InChI is InChI=1S/C27H32N8O3S/c1-6-39(37,38)20-10-9-19(28-12-20)11-29-25-27(36)35(17(5)15(2)3)26-21(33-25)13-30-24(34-26)22-16(4)31-14-32-23(22)18-7-8-18/h9-10,12-15,17-18H,6-8,11H2,1-5H3,(H,29,33). The first kappa shape index (κ1) is 26.8. The van der Waals surface area contributed by atoms with Crippen LogP contribution in [0.3, 0.4) is 0 Å². The van der Waals surface area contributed by atoms with Crippen LogP contribution in [0, 0.1) is 12.8 Å². The summed E-state index contributed by atoms with van der Waals surface area (Å²) in [6.07, 6.45) is 6.71. The van der Waals surface area contributed by atoms with Gasteiger partial charge in [0.15, 0.2) is 27.1 Å². The fraction of sp³-hybridized carbons (Fsp3) is 0.444. The molecule has 1 aliphatic rings. The Morgan fingerprint density at radius 3 is 2.46 bits per heavy atom. The van der Waals surface area contributed by atoms with E-state index in [0.717, 1.165) is 29.8 Å². The van der Waals surface area contributed by atoms with Gasteiger partial charge < -0.3 is 5.32 Å². The molecule has 0 aromatic carbocycles. The van der Waals surface area contributed by atoms with Crippen LogP contribution in [0.1, 0.15) is 69.6 Å². The zero-order valence-corrected chi connectivity index (χ0v) is 23.5. The summed E-state index contributed by atoms with van der Waals surface area (Å²) in [5.74, 6) is 1.17. The molecule has 1 atom stereocenters. The molecule has 0 saturated heterocycles. The zero-order chi connectivity index (χ0) is 27.9. The number of hydrogen-bond donors (Lipinski definition) is 1. The van der Waals surface area contributed by atoms with Gasteiger partial charge in [0.1, 0.15) is 11.8 Å². The van der Waals surface area contributed by atoms with Crippen molar-refractivity contribution in [2.75, 3.05) is 11.1 Å². The van der Waals surface area contributed by atoms with Gasteiger partial charge in [0.05, 0.1) is 46.0 Å². The van der Waals surface area contributed by atoms with E-state index >= 15 is 0 Å². The van der Waals surface area contributed by atoms with Gasteiger partial charge in [-0.15, -0.1) is 0 Å². The molecule has 11 nitrogen and oxygen atoms in total. The summed E-state index contributed by atoms with van der Waals surface area (Å²) < 4.78 is 25.8. The second-order valence-electron chi connectivity index (χ2n) is 10.3. The second kappa shape index (κ2) is 10.4. The predicted molar refractivity (Wildman–Crippen MR) is 148 cm³/mol. The summed E-state index contributed by atoms with van der Waals surface area (Å²) in [5.41, 5.74) is 3.77. The van der Waals surface area contributed by atoms with Gasteiger partial charge in [0.2, 0.25) is 0 Å². The van der Waals surface area contributed by atoms with Gasteiger partial charge in [0, 0.05) is 18.2 Å². The van der Waals surface area contributed by atoms with Crippen molar-refractivity contribution in [3.8, 4) is 11.4 Å². The first-order chi connectivity index (χ1) is 18.6. The first-order valence-electron chi connectivity index (χ1n) is 13.1. The number of aryl methyl sites for hydroxylation is 1. The molecular formula is C27H32N8O3S. The third-order valence-electron chi connectivity index (χ3n) is 7.23. The molecule has 1 N–H and O–H groups in total. The molecule has 0 amide bonds. The van der Waals surface area contributed by atoms with Crippen molar-refractivity contribution < 1.29 is 8.42 Å². The maximum absolute atomic E-state index is 13.7. The lowest BCUT2D eigenvalue weighted by Crippen LogP contribution is -2.30. The number of rotatable bonds is 9. The highest BCUT2D eigenvalue weighted by Crippen LogP contribution is 2.43. The van der Waals surface area contributed by atoms with Crippen LogP contribution in [0.4, 0.5) is 5.82 Å². The van der Waals surface area contributed by atoms with E-state index in [0.29, 0.717) is 28.6 Å². The number of nitrogens with one attached hydrogen (secondary N) is 1. The predicted octanol–water partition coefficient (Wildman–Crippen LogP) is 3.85. The Hall–Kier alpha value is -3.80. The van der Waals surface area contributed by atoms with E-state index in [1.807, 2.05) is 13.8 Å². The van der Waals surface area contributed by atoms with Crippen molar-refractivity contribution in [1.29, 1.82) is 0 Å². The Morgan fingerprint density at radius 1 is 1.05 bits per heavy atom. The maximum atomic E-state index is 13.7. The highest BCUT2D eigenvalue weighted by Gasteiger charge is 2.30. The Morgan fingerprint density at radius 2 is 1.82 bits per heavy atom. The third kappa shape index (κ3) is 5.25. The van der Waals surface area contributed by atoms with Crippen molar-refractivity contribution >= 4 is 26.8 Å². The smallest absolute Gasteiger partial charge is 0.295 e. The summed E-state index contributed by atoms with van der Waals surface area (Å²) in [7, 11) is -3.34. The quantitative estimate of drug-likeness (QED) is 0.327. The van der Waals surface area contributed by atoms with Crippen molar-refractivity contribution in [2.45, 2.75) is 70.9 Å². The summed E-state index contributed by atoms with van der Waals surface area (Å²) >= 11 is 0. The maximum Gasteiger partial charge on any atom is 0.295 e. The molecule has 1 fully saturated rings. The average molecular weight is 549 g/mol. The van der Waals surface area contributed by atoms with Crippen molar-refractivity contribution in [3.63, 3.8) is 0 Å². The fourth-order valence-electron chi connectivity index (χ4n) is 4.39. The van der Waals surface area contributed by atoms with E-state index in [1.165, 1.54) is 12.3 Å². The molecule has 4 heterocycles. The molecule has 1 saturated carbocycles. The average Bonchev–Trinajstić information content (AvgIpc) is 3.77. The molecule has 5 rings (SSSR count). The minimum atomic E-state index is -3.34. The summed E-state index contributed by atoms with van der Waals surface area (Å²) in [6.45, 7) is 9.79. The summed E-state index contributed by atoms with van der Waals surface area (Å²) in [5, 5.41) is 3.08. The van der Waals surface area contributed by atoms with Crippen LogP contribution in [0.5, 0.6) is 0 Å². The number of sulfone groups is 1. The molecule has 204 valence electrons. The molecule has 0 radical (unpaired) electrons. The molecule has 39 heavy (non-hydrogen) atoms. The molecule has 0 aliphatic heterocycles. The van der Waals surface area contributed by atoms with E-state index < -0.39 is 9.84 Å². The number of aromatic nitrogens is 7. The van der Waals surface area contributed by atoms with Crippen molar-refractivity contribution in [3.05, 3.63) is 58.3 Å². The van der Waals surface area contributed by atoms with Crippen LogP contribution >= 0.6 is 0 Å². The topological polar surface area (TPSA) is 146 Å². The second-order valence-corrected chi connectivity index (χ2v) is 12.5. The number of hydrogen-bond acceptors (Lipinski definition) is 10. The van der Waals surface area contributed by atoms with Crippen molar-refractivity contribution in [1.82, 2.24) is 34.5 Å². The van der Waals surface area contributed by atoms with Crippen LogP contribution in [-0.4, -0.2) is 48.6 Å². The van der Waals surface area contributed by atoms with Gasteiger partial charge in [-0.3, -0.25) is 14.3 Å². The molecular weight excluding hydrogens is 516 g/mol. The lowest BCUT2D eigenvalue weighted by Gasteiger charge is -2.22. The van der Waals surface area contributed by atoms with E-state index in [4.69, 9.17) is 4.98 Å². The highest BCUT2D eigenvalue weighted by molar-refractivity contribution is 7.91. The normalized spacial score (nSPS) is 14.6. The minimum absolute atomic E-state index is 0.00338. The van der Waals surface area contributed by atoms with Crippen LogP contribution in [0.25, 0.3) is 22.6 Å². The van der Waals surface area contributed by atoms with Gasteiger partial charge in [-0.25, -0.2) is 33.3 Å². The molecule has 4 aromatic rings. The SMILES string of the molecule is CCS(=O)(=O)c1ccc(CNc2nc3cnc(-c4c(C)ncnc4C4CC4)nc3n(C(C)C(C)C)c2=O)nc1. The van der Waals surface area contributed by atoms with Crippen LogP contribution in [-0.2, 0) is 16.4 Å². The molecule has 1 unspecified atom stereocenters. The summed E-state index contributed by atoms with van der Waals surface area (Å²) in [6, 6.07) is 2.98. The largest absolute Gasteiger partial charge is 0.360 e. The third-order valence-corrected chi connectivity index (χ3v) is 8.95. The number of pyridine rings is 1. The van der Waals surface area contributed by atoms with E-state index in [1.54, 1.807) is 30.1 Å². The van der Waals surface area contributed by atoms with Crippen molar-refractivity contribution in [2.24, 2.45) is 5.92 Å². The van der Waals surface area contributed by atoms with E-state index in [9.17, 15) is 13.2 Å². The Balaban J connectivity index is 1.55. The lowest BCUT2D eigenvalue weighted by molar-refractivity contribution is 0.406. The monoisotopic (exact) mass is 548 g/mol. The van der Waals surface area contributed by atoms with E-state index in [2.05, 4.69) is 44.1 Å². The molecule has 12 heteroatoms. The molecule has 0 spiro atoms. The van der Waals surface area contributed by atoms with Crippen LogP contribution in [0.15, 0.2) is 40.5 Å².